The number of aromatic nitrogens is 2. The summed E-state index contributed by atoms with van der Waals surface area (Å²) in [5.41, 5.74) is 0.825. The topological polar surface area (TPSA) is 58.4 Å². The van der Waals surface area contributed by atoms with Crippen molar-refractivity contribution in [1.29, 1.82) is 0 Å². The Morgan fingerprint density at radius 3 is 2.68 bits per heavy atom. The molecule has 5 nitrogen and oxygen atoms in total. The predicted octanol–water partition coefficient (Wildman–Crippen LogP) is 3.48. The lowest BCUT2D eigenvalue weighted by atomic mass is 10.2. The number of amides is 1. The zero-order valence-corrected chi connectivity index (χ0v) is 14.7. The molecule has 136 valence electrons. The number of alkyl halides is 2. The van der Waals surface area contributed by atoms with Crippen LogP contribution in [-0.2, 0) is 13.1 Å². The molecule has 0 unspecified atom stereocenters. The molecule has 1 heterocycles. The Balaban J connectivity index is 2.16. The molecule has 2 aromatic rings. The van der Waals surface area contributed by atoms with Gasteiger partial charge in [-0.15, -0.1) is 0 Å². The van der Waals surface area contributed by atoms with Crippen molar-refractivity contribution in [3.8, 4) is 0 Å². The van der Waals surface area contributed by atoms with Gasteiger partial charge in [-0.1, -0.05) is 29.3 Å². The van der Waals surface area contributed by atoms with Crippen LogP contribution < -0.4 is 0 Å². The van der Waals surface area contributed by atoms with Crippen LogP contribution in [-0.4, -0.2) is 45.3 Å². The summed E-state index contributed by atoms with van der Waals surface area (Å²) in [6, 6.07) is 6.41. The van der Waals surface area contributed by atoms with Gasteiger partial charge in [0, 0.05) is 25.9 Å². The minimum absolute atomic E-state index is 0.0682. The Bertz CT molecular complexity index is 725. The van der Waals surface area contributed by atoms with Crippen molar-refractivity contribution < 1.29 is 18.7 Å². The monoisotopic (exact) mass is 391 g/mol. The van der Waals surface area contributed by atoms with Crippen LogP contribution in [0.1, 0.15) is 22.5 Å². The number of hydrogen-bond acceptors (Lipinski definition) is 3. The molecule has 1 amide bonds. The highest BCUT2D eigenvalue weighted by atomic mass is 35.5. The van der Waals surface area contributed by atoms with Gasteiger partial charge in [0.25, 0.3) is 12.3 Å². The van der Waals surface area contributed by atoms with Crippen molar-refractivity contribution >= 4 is 29.1 Å². The maximum Gasteiger partial charge on any atom is 0.274 e. The van der Waals surface area contributed by atoms with Crippen molar-refractivity contribution in [1.82, 2.24) is 14.7 Å². The van der Waals surface area contributed by atoms with E-state index in [1.807, 2.05) is 0 Å². The SMILES string of the molecule is O=C(c1ccn(CC(F)F)n1)N(CCCO)Cc1ccc(Cl)c(Cl)c1. The number of aliphatic hydroxyl groups excluding tert-OH is 1. The summed E-state index contributed by atoms with van der Waals surface area (Å²) in [6.07, 6.45) is -0.835. The van der Waals surface area contributed by atoms with Gasteiger partial charge in [-0.25, -0.2) is 8.78 Å². The highest BCUT2D eigenvalue weighted by Gasteiger charge is 2.19. The highest BCUT2D eigenvalue weighted by Crippen LogP contribution is 2.23. The average molecular weight is 392 g/mol. The quantitative estimate of drug-likeness (QED) is 0.749. The Labute approximate surface area is 153 Å². The maximum absolute atomic E-state index is 12.6. The highest BCUT2D eigenvalue weighted by molar-refractivity contribution is 6.42. The second kappa shape index (κ2) is 9.12. The molecule has 25 heavy (non-hydrogen) atoms. The first-order chi connectivity index (χ1) is 11.9. The minimum Gasteiger partial charge on any atom is -0.396 e. The largest absolute Gasteiger partial charge is 0.396 e. The van der Waals surface area contributed by atoms with E-state index in [9.17, 15) is 13.6 Å². The van der Waals surface area contributed by atoms with E-state index in [2.05, 4.69) is 5.10 Å². The third-order valence-corrected chi connectivity index (χ3v) is 4.15. The van der Waals surface area contributed by atoms with Crippen LogP contribution in [0.2, 0.25) is 10.0 Å². The average Bonchev–Trinajstić information content (AvgIpc) is 3.01. The van der Waals surface area contributed by atoms with Crippen LogP contribution in [0.4, 0.5) is 8.78 Å². The number of halogens is 4. The predicted molar refractivity (Wildman–Crippen MR) is 91.1 cm³/mol. The zero-order valence-electron chi connectivity index (χ0n) is 13.2. The maximum atomic E-state index is 12.6. The molecule has 1 N–H and O–H groups in total. The summed E-state index contributed by atoms with van der Waals surface area (Å²) in [5.74, 6) is -0.410. The summed E-state index contributed by atoms with van der Waals surface area (Å²) in [5, 5.41) is 13.7. The fourth-order valence-corrected chi connectivity index (χ4v) is 2.57. The van der Waals surface area contributed by atoms with Gasteiger partial charge in [0.15, 0.2) is 0 Å². The number of hydrogen-bond donors (Lipinski definition) is 1. The normalized spacial score (nSPS) is 11.1. The first-order valence-electron chi connectivity index (χ1n) is 7.56. The molecule has 0 aliphatic heterocycles. The number of aliphatic hydroxyl groups is 1. The molecule has 2 rings (SSSR count). The van der Waals surface area contributed by atoms with Crippen LogP contribution in [0.5, 0.6) is 0 Å². The third-order valence-electron chi connectivity index (χ3n) is 3.42. The van der Waals surface area contributed by atoms with E-state index in [-0.39, 0.29) is 25.4 Å². The van der Waals surface area contributed by atoms with E-state index >= 15 is 0 Å². The van der Waals surface area contributed by atoms with Gasteiger partial charge in [0.1, 0.15) is 12.2 Å². The number of carbonyl (C=O) groups is 1. The number of carbonyl (C=O) groups excluding carboxylic acids is 1. The third kappa shape index (κ3) is 5.66. The van der Waals surface area contributed by atoms with Crippen LogP contribution in [0.25, 0.3) is 0 Å². The van der Waals surface area contributed by atoms with Gasteiger partial charge in [0.05, 0.1) is 10.0 Å². The van der Waals surface area contributed by atoms with Crippen molar-refractivity contribution in [3.05, 3.63) is 51.8 Å². The van der Waals surface area contributed by atoms with Crippen LogP contribution >= 0.6 is 23.2 Å². The van der Waals surface area contributed by atoms with Gasteiger partial charge < -0.3 is 10.0 Å². The van der Waals surface area contributed by atoms with E-state index in [0.717, 1.165) is 10.2 Å². The lowest BCUT2D eigenvalue weighted by Gasteiger charge is -2.22. The van der Waals surface area contributed by atoms with E-state index in [0.29, 0.717) is 16.5 Å². The molecule has 0 spiro atoms. The van der Waals surface area contributed by atoms with E-state index in [4.69, 9.17) is 28.3 Å². The molecule has 0 radical (unpaired) electrons. The molecular formula is C16H17Cl2F2N3O2. The molecule has 0 aliphatic carbocycles. The van der Waals surface area contributed by atoms with Gasteiger partial charge >= 0.3 is 0 Å². The Morgan fingerprint density at radius 1 is 1.28 bits per heavy atom. The smallest absolute Gasteiger partial charge is 0.274 e. The van der Waals surface area contributed by atoms with Crippen molar-refractivity contribution in [2.45, 2.75) is 25.9 Å². The summed E-state index contributed by atoms with van der Waals surface area (Å²) in [4.78, 5) is 14.1. The lowest BCUT2D eigenvalue weighted by molar-refractivity contribution is 0.0722. The fourth-order valence-electron chi connectivity index (χ4n) is 2.25. The molecule has 0 saturated carbocycles. The Morgan fingerprint density at radius 2 is 2.04 bits per heavy atom. The molecule has 0 fully saturated rings. The summed E-state index contributed by atoms with van der Waals surface area (Å²) in [6.45, 7) is -0.129. The van der Waals surface area contributed by atoms with E-state index in [1.165, 1.54) is 17.2 Å². The van der Waals surface area contributed by atoms with Crippen LogP contribution in [0.15, 0.2) is 30.5 Å². The summed E-state index contributed by atoms with van der Waals surface area (Å²) < 4.78 is 25.8. The molecule has 0 aliphatic rings. The van der Waals surface area contributed by atoms with Crippen molar-refractivity contribution in [2.24, 2.45) is 0 Å². The van der Waals surface area contributed by atoms with E-state index < -0.39 is 18.9 Å². The van der Waals surface area contributed by atoms with Gasteiger partial charge in [-0.2, -0.15) is 5.10 Å². The summed E-state index contributed by atoms with van der Waals surface area (Å²) in [7, 11) is 0. The molecule has 0 bridgehead atoms. The van der Waals surface area contributed by atoms with Gasteiger partial charge in [-0.3, -0.25) is 9.48 Å². The van der Waals surface area contributed by atoms with Crippen molar-refractivity contribution in [2.75, 3.05) is 13.2 Å². The standard InChI is InChI=1S/C16H17Cl2F2N3O2/c17-12-3-2-11(8-13(12)18)9-22(5-1-7-24)16(25)14-4-6-23(21-14)10-15(19)20/h2-4,6,8,15,24H,1,5,7,9-10H2. The van der Waals surface area contributed by atoms with Crippen LogP contribution in [0, 0.1) is 0 Å². The van der Waals surface area contributed by atoms with Gasteiger partial charge in [-0.05, 0) is 30.2 Å². The van der Waals surface area contributed by atoms with E-state index in [1.54, 1.807) is 18.2 Å². The second-order valence-electron chi connectivity index (χ2n) is 5.37. The second-order valence-corrected chi connectivity index (χ2v) is 6.18. The number of benzene rings is 1. The first kappa shape index (κ1) is 19.6. The molecular weight excluding hydrogens is 375 g/mol. The van der Waals surface area contributed by atoms with Crippen LogP contribution in [0.3, 0.4) is 0 Å². The zero-order chi connectivity index (χ0) is 18.4. The first-order valence-corrected chi connectivity index (χ1v) is 8.32. The summed E-state index contributed by atoms with van der Waals surface area (Å²) >= 11 is 11.9. The lowest BCUT2D eigenvalue weighted by Crippen LogP contribution is -2.32. The molecule has 9 heteroatoms. The Hall–Kier alpha value is -1.70. The fraction of sp³-hybridized carbons (Fsp3) is 0.375. The van der Waals surface area contributed by atoms with Gasteiger partial charge in [0.2, 0.25) is 0 Å². The number of rotatable bonds is 8. The Kier molecular flexibility index (Phi) is 7.16. The molecule has 0 saturated heterocycles. The molecule has 0 atom stereocenters. The minimum atomic E-state index is -2.55. The number of nitrogens with zero attached hydrogens (tertiary/aromatic N) is 3. The molecule has 1 aromatic heterocycles. The van der Waals surface area contributed by atoms with Crippen molar-refractivity contribution in [3.63, 3.8) is 0 Å². The molecule has 1 aromatic carbocycles.